The third-order valence-electron chi connectivity index (χ3n) is 12.0. The number of hydrogen-bond acceptors (Lipinski definition) is 4. The number of carbonyl (C=O) groups excluding carboxylic acids is 2. The fourth-order valence-corrected chi connectivity index (χ4v) is 7.67. The number of hydrogen-bond donors (Lipinski definition) is 0. The van der Waals surface area contributed by atoms with Gasteiger partial charge in [0.25, 0.3) is 0 Å². The van der Waals surface area contributed by atoms with Gasteiger partial charge in [0, 0.05) is 18.4 Å². The molecule has 1 aromatic rings. The van der Waals surface area contributed by atoms with Gasteiger partial charge in [0.2, 0.25) is 0 Å². The zero-order valence-corrected chi connectivity index (χ0v) is 43.7. The normalized spacial score (nSPS) is 12.7. The SMILES string of the molecule is CCCCC/C=C\C/C=C\CCCCCCCC(=O)Oc1ccc(OC(=O)CCCCCCC/C=C\C/C=C\CCCCC)c(C/C=C(\C)CC/C=C(\C)CC/C=C(\C)CCC=C(C)C)c1. The molecular formula is C62H98O4. The molecule has 0 aliphatic rings. The highest BCUT2D eigenvalue weighted by Crippen LogP contribution is 2.27. The van der Waals surface area contributed by atoms with E-state index in [0.29, 0.717) is 30.8 Å². The molecule has 0 saturated heterocycles. The molecule has 0 atom stereocenters. The second-order valence-corrected chi connectivity index (χ2v) is 18.9. The Labute approximate surface area is 407 Å². The molecule has 0 radical (unpaired) electrons. The minimum atomic E-state index is -0.207. The molecule has 0 aliphatic heterocycles. The van der Waals surface area contributed by atoms with E-state index in [1.807, 2.05) is 6.07 Å². The van der Waals surface area contributed by atoms with Gasteiger partial charge in [-0.2, -0.15) is 0 Å². The van der Waals surface area contributed by atoms with Gasteiger partial charge in [-0.1, -0.05) is 173 Å². The minimum Gasteiger partial charge on any atom is -0.427 e. The predicted octanol–water partition coefficient (Wildman–Crippen LogP) is 19.8. The molecule has 1 rings (SSSR count). The van der Waals surface area contributed by atoms with Gasteiger partial charge < -0.3 is 9.47 Å². The summed E-state index contributed by atoms with van der Waals surface area (Å²) in [5.74, 6) is 0.658. The van der Waals surface area contributed by atoms with Crippen LogP contribution in [0.25, 0.3) is 0 Å². The Morgan fingerprint density at radius 1 is 0.424 bits per heavy atom. The highest BCUT2D eigenvalue weighted by molar-refractivity contribution is 5.74. The summed E-state index contributed by atoms with van der Waals surface area (Å²) in [6.07, 6.45) is 60.7. The van der Waals surface area contributed by atoms with E-state index in [-0.39, 0.29) is 11.9 Å². The van der Waals surface area contributed by atoms with Crippen molar-refractivity contribution in [2.24, 2.45) is 0 Å². The van der Waals surface area contributed by atoms with E-state index in [2.05, 4.69) is 121 Å². The van der Waals surface area contributed by atoms with Crippen molar-refractivity contribution < 1.29 is 19.1 Å². The summed E-state index contributed by atoms with van der Waals surface area (Å²) in [4.78, 5) is 25.9. The lowest BCUT2D eigenvalue weighted by Gasteiger charge is -2.12. The van der Waals surface area contributed by atoms with E-state index in [9.17, 15) is 9.59 Å². The highest BCUT2D eigenvalue weighted by Gasteiger charge is 2.13. The average Bonchev–Trinajstić information content (AvgIpc) is 3.28. The average molecular weight is 907 g/mol. The van der Waals surface area contributed by atoms with Gasteiger partial charge in [-0.05, 0) is 175 Å². The lowest BCUT2D eigenvalue weighted by Crippen LogP contribution is -2.10. The van der Waals surface area contributed by atoms with Gasteiger partial charge in [-0.25, -0.2) is 0 Å². The molecule has 0 heterocycles. The third-order valence-corrected chi connectivity index (χ3v) is 12.0. The van der Waals surface area contributed by atoms with Crippen LogP contribution in [0.3, 0.4) is 0 Å². The van der Waals surface area contributed by atoms with Crippen LogP contribution >= 0.6 is 0 Å². The molecule has 0 unspecified atom stereocenters. The lowest BCUT2D eigenvalue weighted by atomic mass is 10.0. The Hall–Kier alpha value is -3.92. The maximum absolute atomic E-state index is 13.1. The Bertz CT molecular complexity index is 1640. The Morgan fingerprint density at radius 3 is 1.30 bits per heavy atom. The van der Waals surface area contributed by atoms with Crippen LogP contribution < -0.4 is 9.47 Å². The van der Waals surface area contributed by atoms with E-state index in [1.54, 1.807) is 12.1 Å². The number of allylic oxidation sites excluding steroid dienone is 16. The van der Waals surface area contributed by atoms with Gasteiger partial charge in [0.05, 0.1) is 0 Å². The van der Waals surface area contributed by atoms with Crippen LogP contribution in [-0.2, 0) is 16.0 Å². The summed E-state index contributed by atoms with van der Waals surface area (Å²) >= 11 is 0. The van der Waals surface area contributed by atoms with E-state index in [4.69, 9.17) is 9.47 Å². The Kier molecular flexibility index (Phi) is 39.7. The third kappa shape index (κ3) is 38.2. The van der Waals surface area contributed by atoms with Crippen molar-refractivity contribution in [3.63, 3.8) is 0 Å². The maximum Gasteiger partial charge on any atom is 0.311 e. The number of benzene rings is 1. The molecule has 4 heteroatoms. The molecule has 0 fully saturated rings. The molecule has 370 valence electrons. The van der Waals surface area contributed by atoms with Gasteiger partial charge in [0.15, 0.2) is 0 Å². The van der Waals surface area contributed by atoms with Crippen molar-refractivity contribution in [3.8, 4) is 11.5 Å². The quantitative estimate of drug-likeness (QED) is 0.0284. The Morgan fingerprint density at radius 2 is 0.833 bits per heavy atom. The number of ether oxygens (including phenoxy) is 2. The fourth-order valence-electron chi connectivity index (χ4n) is 7.67. The van der Waals surface area contributed by atoms with Crippen molar-refractivity contribution in [2.45, 2.75) is 248 Å². The number of esters is 2. The number of rotatable bonds is 41. The summed E-state index contributed by atoms with van der Waals surface area (Å²) in [6.45, 7) is 15.5. The summed E-state index contributed by atoms with van der Waals surface area (Å²) in [5.41, 5.74) is 6.45. The molecule has 0 aromatic heterocycles. The summed E-state index contributed by atoms with van der Waals surface area (Å²) < 4.78 is 11.8. The van der Waals surface area contributed by atoms with Gasteiger partial charge in [-0.3, -0.25) is 9.59 Å². The monoisotopic (exact) mass is 907 g/mol. The standard InChI is InChI=1S/C62H98O4/c1-8-10-12-14-16-18-20-22-24-26-28-30-32-34-36-47-61(63)65-59-51-52-60(66-62(64)48-37-35-33-31-29-27-25-23-21-19-17-15-13-11-9-2)58(53-59)50-49-57(7)46-40-45-56(6)44-39-43-55(5)42-38-41-54(3)4/h16-19,22-25,41,43,45,49,51-53H,8-15,20-21,26-40,42,44,46-48,50H2,1-7H3/b18-16-,19-17-,24-22-,25-23-,55-43+,56-45+,57-49+. The molecule has 1 aromatic carbocycles. The molecule has 0 bridgehead atoms. The molecule has 0 amide bonds. The van der Waals surface area contributed by atoms with Crippen molar-refractivity contribution in [2.75, 3.05) is 0 Å². The van der Waals surface area contributed by atoms with E-state index < -0.39 is 0 Å². The summed E-state index contributed by atoms with van der Waals surface area (Å²) in [5, 5.41) is 0. The summed E-state index contributed by atoms with van der Waals surface area (Å²) in [7, 11) is 0. The van der Waals surface area contributed by atoms with Crippen LogP contribution in [0.2, 0.25) is 0 Å². The molecule has 4 nitrogen and oxygen atoms in total. The highest BCUT2D eigenvalue weighted by atomic mass is 16.5. The first kappa shape index (κ1) is 60.1. The van der Waals surface area contributed by atoms with E-state index in [1.165, 1.54) is 99.3 Å². The number of unbranched alkanes of at least 4 members (excludes halogenated alkanes) is 16. The summed E-state index contributed by atoms with van der Waals surface area (Å²) in [6, 6.07) is 5.46. The van der Waals surface area contributed by atoms with Gasteiger partial charge in [0.1, 0.15) is 11.5 Å². The number of carbonyl (C=O) groups is 2. The molecule has 0 N–H and O–H groups in total. The molecule has 0 spiro atoms. The van der Waals surface area contributed by atoms with Crippen molar-refractivity contribution in [3.05, 3.63) is 119 Å². The van der Waals surface area contributed by atoms with Crippen molar-refractivity contribution in [1.29, 1.82) is 0 Å². The zero-order chi connectivity index (χ0) is 48.1. The molecule has 0 saturated carbocycles. The molecular weight excluding hydrogens is 809 g/mol. The first-order valence-electron chi connectivity index (χ1n) is 26.9. The van der Waals surface area contributed by atoms with Crippen LogP contribution in [0, 0.1) is 0 Å². The first-order valence-corrected chi connectivity index (χ1v) is 26.9. The molecule has 0 aliphatic carbocycles. The molecule has 66 heavy (non-hydrogen) atoms. The van der Waals surface area contributed by atoms with Crippen LogP contribution in [0.15, 0.2) is 113 Å². The fraction of sp³-hybridized carbons (Fsp3) is 0.613. The lowest BCUT2D eigenvalue weighted by molar-refractivity contribution is -0.135. The van der Waals surface area contributed by atoms with Crippen molar-refractivity contribution >= 4 is 11.9 Å². The largest absolute Gasteiger partial charge is 0.427 e. The van der Waals surface area contributed by atoms with Crippen LogP contribution in [-0.4, -0.2) is 11.9 Å². The smallest absolute Gasteiger partial charge is 0.311 e. The minimum absolute atomic E-state index is 0.202. The van der Waals surface area contributed by atoms with Crippen molar-refractivity contribution in [1.82, 2.24) is 0 Å². The second kappa shape index (κ2) is 43.6. The van der Waals surface area contributed by atoms with Gasteiger partial charge in [-0.15, -0.1) is 0 Å². The van der Waals surface area contributed by atoms with Crippen LogP contribution in [0.5, 0.6) is 11.5 Å². The second-order valence-electron chi connectivity index (χ2n) is 18.9. The van der Waals surface area contributed by atoms with Gasteiger partial charge >= 0.3 is 11.9 Å². The maximum atomic E-state index is 13.1. The van der Waals surface area contributed by atoms with Crippen LogP contribution in [0.1, 0.15) is 247 Å². The predicted molar refractivity (Wildman–Crippen MR) is 289 cm³/mol. The van der Waals surface area contributed by atoms with Crippen LogP contribution in [0.4, 0.5) is 0 Å². The van der Waals surface area contributed by atoms with E-state index in [0.717, 1.165) is 108 Å². The zero-order valence-electron chi connectivity index (χ0n) is 43.7. The topological polar surface area (TPSA) is 52.6 Å². The van der Waals surface area contributed by atoms with E-state index >= 15 is 0 Å². The first-order chi connectivity index (χ1) is 32.1. The Balaban J connectivity index is 2.66.